The molecule has 0 bridgehead atoms. The van der Waals surface area contributed by atoms with E-state index in [-0.39, 0.29) is 0 Å². The van der Waals surface area contributed by atoms with Crippen LogP contribution in [0.1, 0.15) is 11.1 Å². The predicted molar refractivity (Wildman–Crippen MR) is 73.3 cm³/mol. The van der Waals surface area contributed by atoms with Gasteiger partial charge in [-0.05, 0) is 0 Å². The predicted octanol–water partition coefficient (Wildman–Crippen LogP) is 4.11. The summed E-state index contributed by atoms with van der Waals surface area (Å²) >= 11 is -5.71. The fourth-order valence-electron chi connectivity index (χ4n) is 1.95. The standard InChI is InChI=1S/C14F14Te2/c15-3-1(13(23,24)25)4(16)8(20)11(7(3)19)29-30-12-9(21)5(17)2(14(26,27)28)6(18)10(12)22. The van der Waals surface area contributed by atoms with Crippen molar-refractivity contribution < 1.29 is 61.5 Å². The fourth-order valence-corrected chi connectivity index (χ4v) is 13.1. The summed E-state index contributed by atoms with van der Waals surface area (Å²) in [6, 6.07) is 0. The second-order valence-electron chi connectivity index (χ2n) is 5.08. The third kappa shape index (κ3) is 4.47. The summed E-state index contributed by atoms with van der Waals surface area (Å²) < 4.78 is 181. The van der Waals surface area contributed by atoms with Crippen LogP contribution in [0, 0.1) is 46.5 Å². The molecule has 30 heavy (non-hydrogen) atoms. The van der Waals surface area contributed by atoms with Crippen molar-refractivity contribution in [3.8, 4) is 0 Å². The van der Waals surface area contributed by atoms with E-state index in [0.29, 0.717) is 0 Å². The molecule has 0 fully saturated rings. The molecule has 0 saturated carbocycles. The second-order valence-corrected chi connectivity index (χ2v) is 14.7. The average molecular weight is 689 g/mol. The van der Waals surface area contributed by atoms with Crippen molar-refractivity contribution in [2.45, 2.75) is 12.4 Å². The van der Waals surface area contributed by atoms with Crippen molar-refractivity contribution in [1.82, 2.24) is 0 Å². The summed E-state index contributed by atoms with van der Waals surface area (Å²) in [6.45, 7) is 0. The Morgan fingerprint density at radius 3 is 0.733 bits per heavy atom. The van der Waals surface area contributed by atoms with E-state index >= 15 is 0 Å². The first-order valence-corrected chi connectivity index (χ1v) is 16.4. The number of alkyl halides is 6. The molecule has 0 N–H and O–H groups in total. The third-order valence-electron chi connectivity index (χ3n) is 3.22. The SMILES string of the molecule is Fc1c(F)c(C(F)(F)F)c(F)c(F)c1[Te][Te]c1c(F)c(F)c(C(F)(F)F)c(F)c1F. The van der Waals surface area contributed by atoms with Crippen LogP contribution in [0.25, 0.3) is 0 Å². The Morgan fingerprint density at radius 1 is 0.367 bits per heavy atom. The Morgan fingerprint density at radius 2 is 0.567 bits per heavy atom. The Bertz CT molecular complexity index is 868. The van der Waals surface area contributed by atoms with Crippen LogP contribution in [-0.2, 0) is 12.4 Å². The molecule has 0 heterocycles. The molecule has 0 saturated heterocycles. The van der Waals surface area contributed by atoms with Crippen LogP contribution in [0.4, 0.5) is 61.5 Å². The Balaban J connectivity index is 2.56. The summed E-state index contributed by atoms with van der Waals surface area (Å²) in [6.07, 6.45) is -11.7. The normalized spacial score (nSPS) is 12.6. The monoisotopic (exact) mass is 694 g/mol. The molecule has 2 rings (SSSR count). The number of benzene rings is 2. The van der Waals surface area contributed by atoms with Gasteiger partial charge >= 0.3 is 173 Å². The van der Waals surface area contributed by atoms with Gasteiger partial charge in [-0.3, -0.25) is 0 Å². The molecule has 0 atom stereocenters. The van der Waals surface area contributed by atoms with E-state index in [0.717, 1.165) is 0 Å². The molecule has 16 heteroatoms. The van der Waals surface area contributed by atoms with Gasteiger partial charge in [-0.1, -0.05) is 0 Å². The molecular weight excluding hydrogens is 689 g/mol. The van der Waals surface area contributed by atoms with Crippen molar-refractivity contribution in [1.29, 1.82) is 0 Å². The van der Waals surface area contributed by atoms with Crippen LogP contribution in [0.15, 0.2) is 0 Å². The van der Waals surface area contributed by atoms with E-state index in [4.69, 9.17) is 0 Å². The molecule has 2 aromatic rings. The molecule has 0 nitrogen and oxygen atoms in total. The molecule has 0 aliphatic heterocycles. The second kappa shape index (κ2) is 8.52. The van der Waals surface area contributed by atoms with Crippen molar-refractivity contribution >= 4 is 41.3 Å². The summed E-state index contributed by atoms with van der Waals surface area (Å²) in [4.78, 5) is 0. The maximum absolute atomic E-state index is 13.8. The zero-order valence-corrected chi connectivity index (χ0v) is 17.8. The molecule has 0 amide bonds. The van der Waals surface area contributed by atoms with Gasteiger partial charge in [0.25, 0.3) is 0 Å². The van der Waals surface area contributed by atoms with Gasteiger partial charge in [-0.2, -0.15) is 0 Å². The van der Waals surface area contributed by atoms with Crippen LogP contribution in [0.3, 0.4) is 0 Å². The first kappa shape index (κ1) is 25.3. The van der Waals surface area contributed by atoms with E-state index in [1.807, 2.05) is 0 Å². The molecule has 0 aliphatic carbocycles. The minimum atomic E-state index is -5.84. The van der Waals surface area contributed by atoms with Crippen molar-refractivity contribution in [3.05, 3.63) is 57.7 Å². The number of hydrogen-bond acceptors (Lipinski definition) is 0. The fraction of sp³-hybridized carbons (Fsp3) is 0.143. The molecule has 0 radical (unpaired) electrons. The van der Waals surface area contributed by atoms with Gasteiger partial charge in [-0.15, -0.1) is 0 Å². The third-order valence-corrected chi connectivity index (χ3v) is 14.4. The molecule has 0 aromatic heterocycles. The molecule has 2 aromatic carbocycles. The molecule has 0 spiro atoms. The van der Waals surface area contributed by atoms with Crippen LogP contribution in [0.5, 0.6) is 0 Å². The maximum atomic E-state index is 13.8. The zero-order valence-electron chi connectivity index (χ0n) is 13.1. The Labute approximate surface area is 172 Å². The topological polar surface area (TPSA) is 0 Å². The van der Waals surface area contributed by atoms with Crippen LogP contribution in [0.2, 0.25) is 0 Å². The molecule has 166 valence electrons. The van der Waals surface area contributed by atoms with Gasteiger partial charge < -0.3 is 0 Å². The van der Waals surface area contributed by atoms with Gasteiger partial charge in [0.05, 0.1) is 0 Å². The summed E-state index contributed by atoms with van der Waals surface area (Å²) in [5.41, 5.74) is -5.81. The van der Waals surface area contributed by atoms with Crippen molar-refractivity contribution in [2.75, 3.05) is 0 Å². The summed E-state index contributed by atoms with van der Waals surface area (Å²) in [5, 5.41) is 0. The van der Waals surface area contributed by atoms with Crippen molar-refractivity contribution in [3.63, 3.8) is 0 Å². The van der Waals surface area contributed by atoms with Gasteiger partial charge in [-0.25, -0.2) is 0 Å². The van der Waals surface area contributed by atoms with E-state index in [1.54, 1.807) is 0 Å². The number of hydrogen-bond donors (Lipinski definition) is 0. The van der Waals surface area contributed by atoms with E-state index in [9.17, 15) is 61.5 Å². The van der Waals surface area contributed by atoms with E-state index in [2.05, 4.69) is 0 Å². The van der Waals surface area contributed by atoms with Crippen LogP contribution >= 0.6 is 0 Å². The van der Waals surface area contributed by atoms with Gasteiger partial charge in [0.2, 0.25) is 0 Å². The molecular formula is C14F14Te2. The van der Waals surface area contributed by atoms with E-state index in [1.165, 1.54) is 0 Å². The number of rotatable bonds is 3. The average Bonchev–Trinajstić information content (AvgIpc) is 2.58. The number of halogens is 14. The van der Waals surface area contributed by atoms with Gasteiger partial charge in [0.1, 0.15) is 0 Å². The first-order valence-electron chi connectivity index (χ1n) is 6.72. The van der Waals surface area contributed by atoms with Crippen LogP contribution < -0.4 is 7.22 Å². The van der Waals surface area contributed by atoms with Gasteiger partial charge in [0, 0.05) is 0 Å². The molecule has 0 unspecified atom stereocenters. The first-order chi connectivity index (χ1) is 13.5. The van der Waals surface area contributed by atoms with Gasteiger partial charge in [0.15, 0.2) is 0 Å². The quantitative estimate of drug-likeness (QED) is 0.259. The zero-order chi connectivity index (χ0) is 23.3. The molecule has 0 aliphatic rings. The van der Waals surface area contributed by atoms with Crippen LogP contribution in [-0.4, -0.2) is 34.1 Å². The summed E-state index contributed by atoms with van der Waals surface area (Å²) in [5.74, 6) is -21.5. The van der Waals surface area contributed by atoms with E-state index < -0.39 is 111 Å². The Hall–Kier alpha value is -0.961. The minimum absolute atomic E-state index is 1.63. The Kier molecular flexibility index (Phi) is 7.19. The summed E-state index contributed by atoms with van der Waals surface area (Å²) in [7, 11) is 0. The van der Waals surface area contributed by atoms with Crippen molar-refractivity contribution in [2.24, 2.45) is 0 Å².